The van der Waals surface area contributed by atoms with E-state index >= 15 is 0 Å². The smallest absolute Gasteiger partial charge is 0.456 e. The minimum atomic E-state index is -6.03. The molecule has 2 aromatic carbocycles. The van der Waals surface area contributed by atoms with Gasteiger partial charge in [0.25, 0.3) is 5.91 Å². The Morgan fingerprint density at radius 3 is 2.08 bits per heavy atom. The van der Waals surface area contributed by atoms with Gasteiger partial charge in [-0.15, -0.1) is 0 Å². The summed E-state index contributed by atoms with van der Waals surface area (Å²) < 4.78 is 68.0. The molecule has 1 amide bonds. The molecule has 0 atom stereocenters. The third-order valence-electron chi connectivity index (χ3n) is 5.16. The summed E-state index contributed by atoms with van der Waals surface area (Å²) in [7, 11) is 0. The van der Waals surface area contributed by atoms with Crippen molar-refractivity contribution in [2.24, 2.45) is 0 Å². The van der Waals surface area contributed by atoms with Crippen molar-refractivity contribution in [2.45, 2.75) is 36.9 Å². The molecule has 15 heteroatoms. The van der Waals surface area contributed by atoms with E-state index in [-0.39, 0.29) is 12.8 Å². The number of nitro groups is 1. The summed E-state index contributed by atoms with van der Waals surface area (Å²) in [5, 5.41) is 32.2. The predicted molar refractivity (Wildman–Crippen MR) is 114 cm³/mol. The quantitative estimate of drug-likeness (QED) is 0.161. The Morgan fingerprint density at radius 2 is 1.57 bits per heavy atom. The van der Waals surface area contributed by atoms with E-state index in [4.69, 9.17) is 0 Å². The Hall–Kier alpha value is -4.30. The van der Waals surface area contributed by atoms with E-state index in [0.29, 0.717) is 12.1 Å². The molecule has 0 aromatic heterocycles. The first-order valence-corrected chi connectivity index (χ1v) is 10.3. The van der Waals surface area contributed by atoms with Crippen LogP contribution in [-0.2, 0) is 16.0 Å². The number of hydrogen-bond acceptors (Lipinski definition) is 6. The highest BCUT2D eigenvalue weighted by molar-refractivity contribution is 6.09. The number of alkyl halides is 5. The maximum atomic E-state index is 13.2. The molecular formula is C22H19F5N2O8. The number of benzene rings is 2. The Balaban J connectivity index is 2.31. The zero-order valence-corrected chi connectivity index (χ0v) is 18.6. The highest BCUT2D eigenvalue weighted by atomic mass is 19.4. The maximum Gasteiger partial charge on any atom is 0.456 e. The Labute approximate surface area is 204 Å². The van der Waals surface area contributed by atoms with Crippen molar-refractivity contribution >= 4 is 23.5 Å². The van der Waals surface area contributed by atoms with Crippen LogP contribution in [0.3, 0.4) is 0 Å². The number of carbonyl (C=O) groups is 3. The monoisotopic (exact) mass is 534 g/mol. The molecule has 10 nitrogen and oxygen atoms in total. The van der Waals surface area contributed by atoms with Crippen molar-refractivity contribution in [3.63, 3.8) is 0 Å². The van der Waals surface area contributed by atoms with Crippen LogP contribution in [0, 0.1) is 10.1 Å². The van der Waals surface area contributed by atoms with Gasteiger partial charge < -0.3 is 20.3 Å². The number of halogens is 5. The summed E-state index contributed by atoms with van der Waals surface area (Å²) in [6, 6.07) is 10.3. The number of nitrogens with one attached hydrogen (secondary N) is 1. The molecule has 0 bridgehead atoms. The Kier molecular flexibility index (Phi) is 8.74. The Morgan fingerprint density at radius 1 is 0.973 bits per heavy atom. The maximum absolute atomic E-state index is 13.2. The number of ether oxygens (including phenoxy) is 1. The van der Waals surface area contributed by atoms with Gasteiger partial charge in [-0.1, -0.05) is 30.3 Å². The molecule has 0 aliphatic rings. The molecule has 200 valence electrons. The molecule has 0 aliphatic heterocycles. The van der Waals surface area contributed by atoms with Crippen LogP contribution in [0.15, 0.2) is 48.5 Å². The number of rotatable bonds is 12. The lowest BCUT2D eigenvalue weighted by atomic mass is 9.91. The molecule has 0 saturated carbocycles. The number of carbonyl (C=O) groups excluding carboxylic acids is 1. The number of amides is 1. The first-order chi connectivity index (χ1) is 17.1. The third-order valence-corrected chi connectivity index (χ3v) is 5.16. The molecule has 0 spiro atoms. The second-order valence-corrected chi connectivity index (χ2v) is 7.74. The molecule has 0 radical (unpaired) electrons. The van der Waals surface area contributed by atoms with Crippen molar-refractivity contribution < 1.29 is 56.2 Å². The van der Waals surface area contributed by atoms with Gasteiger partial charge in [-0.2, -0.15) is 22.0 Å². The van der Waals surface area contributed by atoms with Gasteiger partial charge in [-0.25, -0.2) is 9.59 Å². The first-order valence-electron chi connectivity index (χ1n) is 10.3. The highest BCUT2D eigenvalue weighted by Gasteiger charge is 2.58. The molecule has 0 saturated heterocycles. The van der Waals surface area contributed by atoms with Gasteiger partial charge in [0.2, 0.25) is 5.54 Å². The van der Waals surface area contributed by atoms with Crippen LogP contribution in [0.1, 0.15) is 28.8 Å². The van der Waals surface area contributed by atoms with Crippen LogP contribution in [0.5, 0.6) is 5.75 Å². The van der Waals surface area contributed by atoms with Crippen molar-refractivity contribution in [1.82, 2.24) is 5.32 Å². The van der Waals surface area contributed by atoms with Crippen molar-refractivity contribution in [2.75, 3.05) is 6.61 Å². The average molecular weight is 534 g/mol. The van der Waals surface area contributed by atoms with Gasteiger partial charge in [0.15, 0.2) is 12.4 Å². The zero-order valence-electron chi connectivity index (χ0n) is 18.6. The van der Waals surface area contributed by atoms with E-state index in [0.717, 1.165) is 11.6 Å². The fourth-order valence-electron chi connectivity index (χ4n) is 3.12. The minimum Gasteiger partial charge on any atom is -0.480 e. The lowest BCUT2D eigenvalue weighted by molar-refractivity contribution is -0.386. The van der Waals surface area contributed by atoms with Crippen LogP contribution >= 0.6 is 0 Å². The molecule has 0 unspecified atom stereocenters. The highest BCUT2D eigenvalue weighted by Crippen LogP contribution is 2.37. The van der Waals surface area contributed by atoms with E-state index in [1.807, 2.05) is 5.32 Å². The van der Waals surface area contributed by atoms with E-state index < -0.39 is 70.4 Å². The molecule has 2 rings (SSSR count). The van der Waals surface area contributed by atoms with Gasteiger partial charge in [-0.05, 0) is 30.9 Å². The van der Waals surface area contributed by atoms with Crippen molar-refractivity contribution in [1.29, 1.82) is 0 Å². The van der Waals surface area contributed by atoms with E-state index in [1.165, 1.54) is 0 Å². The van der Waals surface area contributed by atoms with Gasteiger partial charge >= 0.3 is 29.7 Å². The van der Waals surface area contributed by atoms with Gasteiger partial charge in [0.1, 0.15) is 0 Å². The first kappa shape index (κ1) is 28.9. The average Bonchev–Trinajstić information content (AvgIpc) is 2.81. The fraction of sp³-hybridized carbons (Fsp3) is 0.318. The van der Waals surface area contributed by atoms with Gasteiger partial charge in [0.05, 0.1) is 4.92 Å². The summed E-state index contributed by atoms with van der Waals surface area (Å²) >= 11 is 0. The largest absolute Gasteiger partial charge is 0.480 e. The molecule has 2 aromatic rings. The normalized spacial score (nSPS) is 12.0. The standard InChI is InChI=1S/C22H19F5N2O8/c23-21(24,22(25,26)27)12-37-16-11-14(8-9-15(16)29(35)36)17(30)28-20(18(31)32,19(33)34)10-4-7-13-5-2-1-3-6-13/h1-3,5-6,8-9,11H,4,7,10,12H2,(H,28,30)(H,31,32)(H,33,34). The van der Waals surface area contributed by atoms with Crippen LogP contribution in [0.4, 0.5) is 27.6 Å². The summed E-state index contributed by atoms with van der Waals surface area (Å²) in [5.74, 6) is -11.8. The SMILES string of the molecule is O=C(NC(CCCc1ccccc1)(C(=O)O)C(=O)O)c1ccc([N+](=O)[O-])c(OCC(F)(F)C(F)(F)F)c1. The van der Waals surface area contributed by atoms with Crippen LogP contribution in [-0.4, -0.2) is 57.2 Å². The van der Waals surface area contributed by atoms with Gasteiger partial charge in [-0.3, -0.25) is 14.9 Å². The van der Waals surface area contributed by atoms with Gasteiger partial charge in [0, 0.05) is 17.7 Å². The second-order valence-electron chi connectivity index (χ2n) is 7.74. The fourth-order valence-corrected chi connectivity index (χ4v) is 3.12. The van der Waals surface area contributed by atoms with E-state index in [9.17, 15) is 56.7 Å². The minimum absolute atomic E-state index is 0.00988. The number of carboxylic acid groups (broad SMARTS) is 2. The lowest BCUT2D eigenvalue weighted by Gasteiger charge is -2.26. The number of aliphatic carboxylic acids is 2. The second kappa shape index (κ2) is 11.2. The summed E-state index contributed by atoms with van der Waals surface area (Å²) in [6.45, 7) is -2.35. The zero-order chi connectivity index (χ0) is 28.0. The number of hydrogen-bond donors (Lipinski definition) is 3. The third kappa shape index (κ3) is 6.89. The number of nitro benzene ring substituents is 1. The Bertz CT molecular complexity index is 1160. The topological polar surface area (TPSA) is 156 Å². The molecule has 0 heterocycles. The molecule has 3 N–H and O–H groups in total. The van der Waals surface area contributed by atoms with E-state index in [1.54, 1.807) is 30.3 Å². The van der Waals surface area contributed by atoms with E-state index in [2.05, 4.69) is 4.74 Å². The molecule has 0 aliphatic carbocycles. The lowest BCUT2D eigenvalue weighted by Crippen LogP contribution is -2.60. The number of carboxylic acids is 2. The predicted octanol–water partition coefficient (Wildman–Crippen LogP) is 3.83. The number of nitrogens with zero attached hydrogens (tertiary/aromatic N) is 1. The summed E-state index contributed by atoms with van der Waals surface area (Å²) in [5.41, 5.74) is -3.85. The van der Waals surface area contributed by atoms with Crippen molar-refractivity contribution in [3.05, 3.63) is 69.8 Å². The van der Waals surface area contributed by atoms with Crippen LogP contribution < -0.4 is 10.1 Å². The van der Waals surface area contributed by atoms with Crippen LogP contribution in [0.2, 0.25) is 0 Å². The molecule has 0 fully saturated rings. The van der Waals surface area contributed by atoms with Crippen molar-refractivity contribution in [3.8, 4) is 5.75 Å². The summed E-state index contributed by atoms with van der Waals surface area (Å²) in [6.07, 6.45) is -6.38. The summed E-state index contributed by atoms with van der Waals surface area (Å²) in [4.78, 5) is 46.4. The number of aryl methyl sites for hydroxylation is 1. The molecule has 37 heavy (non-hydrogen) atoms. The van der Waals surface area contributed by atoms with Crippen LogP contribution in [0.25, 0.3) is 0 Å². The molecular weight excluding hydrogens is 515 g/mol.